The average Bonchev–Trinajstić information content (AvgIpc) is 3.50. The number of hydrogen-bond donors (Lipinski definition) is 1. The van der Waals surface area contributed by atoms with Gasteiger partial charge in [-0.1, -0.05) is 59.3 Å². The van der Waals surface area contributed by atoms with E-state index in [1.807, 2.05) is 41.3 Å². The number of aromatic amines is 1. The zero-order chi connectivity index (χ0) is 22.8. The lowest BCUT2D eigenvalue weighted by atomic mass is 10.0. The zero-order valence-corrected chi connectivity index (χ0v) is 18.8. The van der Waals surface area contributed by atoms with Crippen LogP contribution < -0.4 is 0 Å². The minimum Gasteiger partial charge on any atom is -0.338 e. The van der Waals surface area contributed by atoms with Crippen LogP contribution in [0, 0.1) is 13.8 Å². The van der Waals surface area contributed by atoms with Crippen LogP contribution in [0.3, 0.4) is 0 Å². The Bertz CT molecular complexity index is 1250. The van der Waals surface area contributed by atoms with E-state index in [4.69, 9.17) is 4.52 Å². The Kier molecular flexibility index (Phi) is 5.75. The summed E-state index contributed by atoms with van der Waals surface area (Å²) in [6, 6.07) is 17.8. The summed E-state index contributed by atoms with van der Waals surface area (Å²) in [5.74, 6) is 1.15. The molecule has 0 spiro atoms. The first-order valence-electron chi connectivity index (χ1n) is 11.1. The second kappa shape index (κ2) is 8.99. The van der Waals surface area contributed by atoms with Gasteiger partial charge in [-0.05, 0) is 25.5 Å². The predicted molar refractivity (Wildman–Crippen MR) is 124 cm³/mol. The number of rotatable bonds is 5. The Balaban J connectivity index is 1.18. The van der Waals surface area contributed by atoms with Gasteiger partial charge in [0.25, 0.3) is 5.91 Å². The molecular weight excluding hydrogens is 416 g/mol. The molecule has 4 aromatic rings. The van der Waals surface area contributed by atoms with Crippen molar-refractivity contribution in [3.8, 4) is 22.6 Å². The Morgan fingerprint density at radius 2 is 1.82 bits per heavy atom. The first-order chi connectivity index (χ1) is 16.1. The summed E-state index contributed by atoms with van der Waals surface area (Å²) in [6.45, 7) is 7.45. The number of aromatic nitrogens is 4. The van der Waals surface area contributed by atoms with Gasteiger partial charge < -0.3 is 9.42 Å². The van der Waals surface area contributed by atoms with Crippen LogP contribution in [0.2, 0.25) is 0 Å². The van der Waals surface area contributed by atoms with Crippen molar-refractivity contribution in [1.82, 2.24) is 30.1 Å². The fourth-order valence-corrected chi connectivity index (χ4v) is 4.16. The van der Waals surface area contributed by atoms with Gasteiger partial charge in [0.05, 0.1) is 12.2 Å². The molecule has 5 rings (SSSR count). The molecule has 0 atom stereocenters. The third-order valence-corrected chi connectivity index (χ3v) is 5.98. The lowest BCUT2D eigenvalue weighted by molar-refractivity contribution is 0.0609. The maximum atomic E-state index is 13.0. The molecule has 1 N–H and O–H groups in total. The lowest BCUT2D eigenvalue weighted by Gasteiger charge is -2.33. The number of hydrogen-bond acceptors (Lipinski definition) is 6. The van der Waals surface area contributed by atoms with Crippen LogP contribution in [0.5, 0.6) is 0 Å². The largest absolute Gasteiger partial charge is 0.338 e. The van der Waals surface area contributed by atoms with Gasteiger partial charge in [0, 0.05) is 37.3 Å². The standard InChI is InChI=1S/C25H26N6O2/c1-17-8-9-20(18(2)14-17)21-15-22(28-27-21)25(32)31-12-10-30(11-13-31)16-23-26-24(29-33-23)19-6-4-3-5-7-19/h3-9,14-15H,10-13,16H2,1-2H3,(H,27,28). The van der Waals surface area contributed by atoms with Gasteiger partial charge in [0.1, 0.15) is 5.69 Å². The van der Waals surface area contributed by atoms with Gasteiger partial charge in [-0.3, -0.25) is 14.8 Å². The Morgan fingerprint density at radius 1 is 1.03 bits per heavy atom. The molecule has 0 saturated carbocycles. The van der Waals surface area contributed by atoms with Crippen LogP contribution >= 0.6 is 0 Å². The van der Waals surface area contributed by atoms with Crippen molar-refractivity contribution in [3.63, 3.8) is 0 Å². The van der Waals surface area contributed by atoms with E-state index in [1.54, 1.807) is 0 Å². The van der Waals surface area contributed by atoms with E-state index in [0.29, 0.717) is 37.0 Å². The van der Waals surface area contributed by atoms with Crippen LogP contribution in [0.25, 0.3) is 22.6 Å². The smallest absolute Gasteiger partial charge is 0.271 e. The van der Waals surface area contributed by atoms with Crippen LogP contribution in [0.4, 0.5) is 0 Å². The number of nitrogens with zero attached hydrogens (tertiary/aromatic N) is 5. The predicted octanol–water partition coefficient (Wildman–Crippen LogP) is 3.70. The minimum absolute atomic E-state index is 0.0256. The zero-order valence-electron chi connectivity index (χ0n) is 18.8. The fraction of sp³-hybridized carbons (Fsp3) is 0.280. The van der Waals surface area contributed by atoms with Crippen LogP contribution in [0.15, 0.2) is 59.1 Å². The van der Waals surface area contributed by atoms with Crippen molar-refractivity contribution in [1.29, 1.82) is 0 Å². The highest BCUT2D eigenvalue weighted by Gasteiger charge is 2.25. The summed E-state index contributed by atoms with van der Waals surface area (Å²) >= 11 is 0. The van der Waals surface area contributed by atoms with Gasteiger partial charge in [-0.2, -0.15) is 10.1 Å². The molecule has 0 unspecified atom stereocenters. The van der Waals surface area contributed by atoms with Gasteiger partial charge in [-0.25, -0.2) is 0 Å². The van der Waals surface area contributed by atoms with Crippen molar-refractivity contribution < 1.29 is 9.32 Å². The van der Waals surface area contributed by atoms with Gasteiger partial charge in [0.2, 0.25) is 11.7 Å². The molecule has 1 amide bonds. The molecule has 0 bridgehead atoms. The molecule has 2 aromatic carbocycles. The van der Waals surface area contributed by atoms with E-state index in [-0.39, 0.29) is 5.91 Å². The Labute approximate surface area is 192 Å². The van der Waals surface area contributed by atoms with E-state index in [0.717, 1.165) is 35.5 Å². The van der Waals surface area contributed by atoms with Crippen molar-refractivity contribution >= 4 is 5.91 Å². The number of H-pyrrole nitrogens is 1. The van der Waals surface area contributed by atoms with Gasteiger partial charge >= 0.3 is 0 Å². The summed E-state index contributed by atoms with van der Waals surface area (Å²) in [4.78, 5) is 21.6. The molecule has 0 radical (unpaired) electrons. The monoisotopic (exact) mass is 442 g/mol. The number of amides is 1. The van der Waals surface area contributed by atoms with Crippen LogP contribution in [-0.4, -0.2) is 62.2 Å². The number of nitrogens with one attached hydrogen (secondary N) is 1. The summed E-state index contributed by atoms with van der Waals surface area (Å²) in [5, 5.41) is 11.4. The molecule has 168 valence electrons. The minimum atomic E-state index is -0.0256. The summed E-state index contributed by atoms with van der Waals surface area (Å²) in [5.41, 5.74) is 5.63. The second-order valence-corrected chi connectivity index (χ2v) is 8.43. The molecule has 2 aromatic heterocycles. The van der Waals surface area contributed by atoms with Crippen LogP contribution in [-0.2, 0) is 6.54 Å². The van der Waals surface area contributed by atoms with Gasteiger partial charge in [-0.15, -0.1) is 0 Å². The van der Waals surface area contributed by atoms with E-state index < -0.39 is 0 Å². The Morgan fingerprint density at radius 3 is 2.58 bits per heavy atom. The highest BCUT2D eigenvalue weighted by atomic mass is 16.5. The lowest BCUT2D eigenvalue weighted by Crippen LogP contribution is -2.48. The number of benzene rings is 2. The Hall–Kier alpha value is -3.78. The molecule has 0 aliphatic carbocycles. The van der Waals surface area contributed by atoms with E-state index >= 15 is 0 Å². The normalized spacial score (nSPS) is 14.5. The molecule has 3 heterocycles. The highest BCUT2D eigenvalue weighted by molar-refractivity contribution is 5.93. The first-order valence-corrected chi connectivity index (χ1v) is 11.1. The van der Waals surface area contributed by atoms with Crippen molar-refractivity contribution in [2.75, 3.05) is 26.2 Å². The molecule has 8 nitrogen and oxygen atoms in total. The third-order valence-electron chi connectivity index (χ3n) is 5.98. The topological polar surface area (TPSA) is 91.2 Å². The fourth-order valence-electron chi connectivity index (χ4n) is 4.16. The van der Waals surface area contributed by atoms with Crippen molar-refractivity contribution in [3.05, 3.63) is 77.3 Å². The number of piperazine rings is 1. The second-order valence-electron chi connectivity index (χ2n) is 8.43. The number of carbonyl (C=O) groups excluding carboxylic acids is 1. The third kappa shape index (κ3) is 4.56. The maximum Gasteiger partial charge on any atom is 0.271 e. The first kappa shape index (κ1) is 21.1. The highest BCUT2D eigenvalue weighted by Crippen LogP contribution is 2.23. The van der Waals surface area contributed by atoms with Crippen LogP contribution in [0.1, 0.15) is 27.5 Å². The number of carbonyl (C=O) groups is 1. The van der Waals surface area contributed by atoms with E-state index in [2.05, 4.69) is 57.3 Å². The molecule has 33 heavy (non-hydrogen) atoms. The molecule has 8 heteroatoms. The summed E-state index contributed by atoms with van der Waals surface area (Å²) < 4.78 is 5.43. The van der Waals surface area contributed by atoms with Crippen molar-refractivity contribution in [2.45, 2.75) is 20.4 Å². The maximum absolute atomic E-state index is 13.0. The van der Waals surface area contributed by atoms with Crippen molar-refractivity contribution in [2.24, 2.45) is 0 Å². The molecule has 1 saturated heterocycles. The van der Waals surface area contributed by atoms with E-state index in [1.165, 1.54) is 5.56 Å². The quantitative estimate of drug-likeness (QED) is 0.507. The van der Waals surface area contributed by atoms with Gasteiger partial charge in [0.15, 0.2) is 0 Å². The molecule has 1 aliphatic rings. The molecule has 1 aliphatic heterocycles. The summed E-state index contributed by atoms with van der Waals surface area (Å²) in [6.07, 6.45) is 0. The molecule has 1 fully saturated rings. The molecular formula is C25H26N6O2. The average molecular weight is 443 g/mol. The number of aryl methyl sites for hydroxylation is 2. The summed E-state index contributed by atoms with van der Waals surface area (Å²) in [7, 11) is 0. The van der Waals surface area contributed by atoms with E-state index in [9.17, 15) is 4.79 Å². The SMILES string of the molecule is Cc1ccc(-c2cc(C(=O)N3CCN(Cc4nc(-c5ccccc5)no4)CC3)[nH]n2)c(C)c1.